The summed E-state index contributed by atoms with van der Waals surface area (Å²) in [5, 5.41) is 12.3. The van der Waals surface area contributed by atoms with E-state index in [0.29, 0.717) is 13.1 Å². The molecule has 2 aliphatic heterocycles. The van der Waals surface area contributed by atoms with E-state index < -0.39 is 0 Å². The van der Waals surface area contributed by atoms with Crippen molar-refractivity contribution in [2.24, 2.45) is 0 Å². The maximum Gasteiger partial charge on any atom is 0.236 e. The molecule has 0 radical (unpaired) electrons. The largest absolute Gasteiger partial charge is 0.342 e. The van der Waals surface area contributed by atoms with E-state index in [1.807, 2.05) is 9.80 Å². The number of hydrogen-bond acceptors (Lipinski definition) is 4. The van der Waals surface area contributed by atoms with Crippen LogP contribution in [0.2, 0.25) is 0 Å². The lowest BCUT2D eigenvalue weighted by Gasteiger charge is -2.33. The van der Waals surface area contributed by atoms with Gasteiger partial charge in [-0.2, -0.15) is 5.26 Å². The van der Waals surface area contributed by atoms with Crippen molar-refractivity contribution in [1.29, 1.82) is 5.26 Å². The van der Waals surface area contributed by atoms with E-state index in [-0.39, 0.29) is 11.9 Å². The summed E-state index contributed by atoms with van der Waals surface area (Å²) in [6.07, 6.45) is 4.71. The normalized spacial score (nSPS) is 26.4. The molecule has 0 aromatic rings. The highest BCUT2D eigenvalue weighted by atomic mass is 16.2. The van der Waals surface area contributed by atoms with Crippen LogP contribution in [0.1, 0.15) is 25.7 Å². The molecule has 2 saturated heterocycles. The standard InChI is InChI=1S/C13H22N4O/c14-9-12-10-15-5-8-17(12)11-13(18)16-6-3-1-2-4-7-16/h12,15H,1-8,10-11H2. The van der Waals surface area contributed by atoms with Crippen molar-refractivity contribution in [2.45, 2.75) is 31.7 Å². The molecule has 1 unspecified atom stereocenters. The first-order valence-electron chi connectivity index (χ1n) is 6.93. The summed E-state index contributed by atoms with van der Waals surface area (Å²) in [6, 6.07) is 2.11. The van der Waals surface area contributed by atoms with Gasteiger partial charge in [0.15, 0.2) is 0 Å². The fourth-order valence-corrected chi connectivity index (χ4v) is 2.66. The molecule has 2 rings (SSSR count). The van der Waals surface area contributed by atoms with Crippen molar-refractivity contribution in [2.75, 3.05) is 39.3 Å². The quantitative estimate of drug-likeness (QED) is 0.760. The maximum atomic E-state index is 12.2. The van der Waals surface area contributed by atoms with Gasteiger partial charge >= 0.3 is 0 Å². The highest BCUT2D eigenvalue weighted by Crippen LogP contribution is 2.11. The molecule has 0 aliphatic carbocycles. The molecule has 5 heteroatoms. The number of piperazine rings is 1. The number of hydrogen-bond donors (Lipinski definition) is 1. The average Bonchev–Trinajstić information content (AvgIpc) is 2.68. The van der Waals surface area contributed by atoms with Gasteiger partial charge in [0.05, 0.1) is 12.6 Å². The SMILES string of the molecule is N#CC1CNCCN1CC(=O)N1CCCCCC1. The predicted molar refractivity (Wildman–Crippen MR) is 68.9 cm³/mol. The van der Waals surface area contributed by atoms with Gasteiger partial charge in [0, 0.05) is 32.7 Å². The Morgan fingerprint density at radius 1 is 1.22 bits per heavy atom. The van der Waals surface area contributed by atoms with Gasteiger partial charge in [-0.05, 0) is 12.8 Å². The zero-order valence-electron chi connectivity index (χ0n) is 10.9. The van der Waals surface area contributed by atoms with Crippen molar-refractivity contribution in [1.82, 2.24) is 15.1 Å². The number of amides is 1. The van der Waals surface area contributed by atoms with E-state index in [9.17, 15) is 4.79 Å². The molecule has 0 bridgehead atoms. The number of carbonyl (C=O) groups is 1. The number of rotatable bonds is 2. The minimum atomic E-state index is -0.158. The second-order valence-corrected chi connectivity index (χ2v) is 5.11. The molecule has 1 amide bonds. The van der Waals surface area contributed by atoms with Crippen LogP contribution in [-0.4, -0.2) is 61.0 Å². The minimum absolute atomic E-state index is 0.158. The van der Waals surface area contributed by atoms with E-state index in [4.69, 9.17) is 5.26 Å². The van der Waals surface area contributed by atoms with Crippen molar-refractivity contribution < 1.29 is 4.79 Å². The molecule has 0 aromatic heterocycles. The summed E-state index contributed by atoms with van der Waals surface area (Å²) in [7, 11) is 0. The van der Waals surface area contributed by atoms with E-state index in [1.165, 1.54) is 12.8 Å². The topological polar surface area (TPSA) is 59.4 Å². The summed E-state index contributed by atoms with van der Waals surface area (Å²) in [5.74, 6) is 0.194. The first-order chi connectivity index (χ1) is 8.81. The highest BCUT2D eigenvalue weighted by molar-refractivity contribution is 5.78. The Bertz CT molecular complexity index is 317. The molecule has 2 aliphatic rings. The second kappa shape index (κ2) is 6.72. The lowest BCUT2D eigenvalue weighted by molar-refractivity contribution is -0.132. The van der Waals surface area contributed by atoms with Gasteiger partial charge in [0.2, 0.25) is 5.91 Å². The Balaban J connectivity index is 1.87. The van der Waals surface area contributed by atoms with Gasteiger partial charge < -0.3 is 10.2 Å². The monoisotopic (exact) mass is 250 g/mol. The van der Waals surface area contributed by atoms with Gasteiger partial charge in [-0.15, -0.1) is 0 Å². The zero-order chi connectivity index (χ0) is 12.8. The average molecular weight is 250 g/mol. The smallest absolute Gasteiger partial charge is 0.236 e. The third kappa shape index (κ3) is 3.44. The van der Waals surface area contributed by atoms with Crippen LogP contribution < -0.4 is 5.32 Å². The van der Waals surface area contributed by atoms with Crippen LogP contribution in [-0.2, 0) is 4.79 Å². The molecule has 5 nitrogen and oxygen atoms in total. The summed E-state index contributed by atoms with van der Waals surface area (Å²) in [5.41, 5.74) is 0. The molecule has 2 heterocycles. The number of likely N-dealkylation sites (tertiary alicyclic amines) is 1. The van der Waals surface area contributed by atoms with E-state index in [1.54, 1.807) is 0 Å². The maximum absolute atomic E-state index is 12.2. The summed E-state index contributed by atoms with van der Waals surface area (Å²) in [4.78, 5) is 16.2. The molecule has 0 spiro atoms. The second-order valence-electron chi connectivity index (χ2n) is 5.11. The van der Waals surface area contributed by atoms with E-state index >= 15 is 0 Å². The molecular weight excluding hydrogens is 228 g/mol. The minimum Gasteiger partial charge on any atom is -0.342 e. The number of carbonyl (C=O) groups excluding carboxylic acids is 1. The van der Waals surface area contributed by atoms with Gasteiger partial charge in [-0.1, -0.05) is 12.8 Å². The summed E-state index contributed by atoms with van der Waals surface area (Å²) < 4.78 is 0. The number of nitrogens with zero attached hydrogens (tertiary/aromatic N) is 3. The van der Waals surface area contributed by atoms with Crippen LogP contribution in [0.4, 0.5) is 0 Å². The van der Waals surface area contributed by atoms with Crippen molar-refractivity contribution in [3.05, 3.63) is 0 Å². The Hall–Kier alpha value is -1.12. The first kappa shape index (κ1) is 13.3. The van der Waals surface area contributed by atoms with Crippen molar-refractivity contribution >= 4 is 5.91 Å². The third-order valence-electron chi connectivity index (χ3n) is 3.80. The van der Waals surface area contributed by atoms with Crippen LogP contribution >= 0.6 is 0 Å². The first-order valence-corrected chi connectivity index (χ1v) is 6.93. The molecule has 100 valence electrons. The third-order valence-corrected chi connectivity index (χ3v) is 3.80. The van der Waals surface area contributed by atoms with Crippen molar-refractivity contribution in [3.63, 3.8) is 0 Å². The molecule has 0 aromatic carbocycles. The van der Waals surface area contributed by atoms with Gasteiger partial charge in [-0.25, -0.2) is 0 Å². The number of nitriles is 1. The fourth-order valence-electron chi connectivity index (χ4n) is 2.66. The molecular formula is C13H22N4O. The fraction of sp³-hybridized carbons (Fsp3) is 0.846. The van der Waals surface area contributed by atoms with Gasteiger partial charge in [-0.3, -0.25) is 9.69 Å². The van der Waals surface area contributed by atoms with E-state index in [0.717, 1.165) is 39.0 Å². The molecule has 2 fully saturated rings. The van der Waals surface area contributed by atoms with Crippen LogP contribution in [0.3, 0.4) is 0 Å². The summed E-state index contributed by atoms with van der Waals surface area (Å²) in [6.45, 7) is 4.51. The predicted octanol–water partition coefficient (Wildman–Crippen LogP) is 0.186. The zero-order valence-corrected chi connectivity index (χ0v) is 10.9. The van der Waals surface area contributed by atoms with Crippen LogP contribution in [0.5, 0.6) is 0 Å². The highest BCUT2D eigenvalue weighted by Gasteiger charge is 2.25. The van der Waals surface area contributed by atoms with E-state index in [2.05, 4.69) is 11.4 Å². The Kier molecular flexibility index (Phi) is 4.97. The lowest BCUT2D eigenvalue weighted by atomic mass is 10.2. The van der Waals surface area contributed by atoms with Gasteiger partial charge in [0.25, 0.3) is 0 Å². The van der Waals surface area contributed by atoms with Gasteiger partial charge in [0.1, 0.15) is 6.04 Å². The van der Waals surface area contributed by atoms with Crippen LogP contribution in [0, 0.1) is 11.3 Å². The Morgan fingerprint density at radius 2 is 1.94 bits per heavy atom. The summed E-state index contributed by atoms with van der Waals surface area (Å²) >= 11 is 0. The van der Waals surface area contributed by atoms with Crippen LogP contribution in [0.25, 0.3) is 0 Å². The van der Waals surface area contributed by atoms with Crippen molar-refractivity contribution in [3.8, 4) is 6.07 Å². The molecule has 1 atom stereocenters. The molecule has 18 heavy (non-hydrogen) atoms. The molecule has 0 saturated carbocycles. The Morgan fingerprint density at radius 3 is 2.61 bits per heavy atom. The lowest BCUT2D eigenvalue weighted by Crippen LogP contribution is -2.53. The Labute approximate surface area is 109 Å². The van der Waals surface area contributed by atoms with Crippen LogP contribution in [0.15, 0.2) is 0 Å². The number of nitrogens with one attached hydrogen (secondary N) is 1. The molecule has 1 N–H and O–H groups in total.